The molecule has 0 heterocycles. The molecule has 0 aliphatic rings. The van der Waals surface area contributed by atoms with Gasteiger partial charge in [0.05, 0.1) is 0 Å². The highest BCUT2D eigenvalue weighted by molar-refractivity contribution is 6.22. The highest BCUT2D eigenvalue weighted by Crippen LogP contribution is 2.33. The van der Waals surface area contributed by atoms with E-state index in [-0.39, 0.29) is 5.56 Å². The minimum atomic E-state index is -2.67. The molecule has 0 bridgehead atoms. The molecular weight excluding hydrogens is 237 g/mol. The van der Waals surface area contributed by atoms with Crippen molar-refractivity contribution in [1.29, 1.82) is 0 Å². The van der Waals surface area contributed by atoms with Crippen LogP contribution < -0.4 is 0 Å². The summed E-state index contributed by atoms with van der Waals surface area (Å²) >= 11 is 5.60. The van der Waals surface area contributed by atoms with Crippen molar-refractivity contribution in [3.63, 3.8) is 0 Å². The standard InChI is InChI=1S/C12H8ClF3/c13-11(12(15)16)9-5-6-10(14)8-4-2-1-3-7(8)9/h1-6,11-12H. The first-order valence-corrected chi connectivity index (χ1v) is 5.14. The summed E-state index contributed by atoms with van der Waals surface area (Å²) in [5.41, 5.74) is 0.258. The van der Waals surface area contributed by atoms with E-state index in [2.05, 4.69) is 0 Å². The smallest absolute Gasteiger partial charge is 0.208 e. The number of benzene rings is 2. The summed E-state index contributed by atoms with van der Waals surface area (Å²) in [5.74, 6) is -0.433. The molecule has 0 aromatic heterocycles. The molecule has 84 valence electrons. The van der Waals surface area contributed by atoms with Crippen molar-refractivity contribution in [3.8, 4) is 0 Å². The van der Waals surface area contributed by atoms with Crippen molar-refractivity contribution in [1.82, 2.24) is 0 Å². The third-order valence-corrected chi connectivity index (χ3v) is 2.85. The van der Waals surface area contributed by atoms with Crippen molar-refractivity contribution in [2.24, 2.45) is 0 Å². The van der Waals surface area contributed by atoms with Gasteiger partial charge in [0.25, 0.3) is 6.43 Å². The van der Waals surface area contributed by atoms with E-state index in [1.807, 2.05) is 0 Å². The van der Waals surface area contributed by atoms with Gasteiger partial charge in [0, 0.05) is 5.39 Å². The largest absolute Gasteiger partial charge is 0.258 e. The number of alkyl halides is 3. The van der Waals surface area contributed by atoms with Gasteiger partial charge in [-0.2, -0.15) is 0 Å². The van der Waals surface area contributed by atoms with E-state index in [9.17, 15) is 13.2 Å². The van der Waals surface area contributed by atoms with Gasteiger partial charge in [0.15, 0.2) is 0 Å². The molecule has 0 nitrogen and oxygen atoms in total. The molecule has 0 spiro atoms. The minimum Gasteiger partial charge on any atom is -0.208 e. The molecule has 2 rings (SSSR count). The predicted molar refractivity (Wildman–Crippen MR) is 58.5 cm³/mol. The van der Waals surface area contributed by atoms with Crippen molar-refractivity contribution >= 4 is 22.4 Å². The van der Waals surface area contributed by atoms with E-state index in [4.69, 9.17) is 11.6 Å². The zero-order valence-electron chi connectivity index (χ0n) is 8.13. The first kappa shape index (κ1) is 11.3. The fraction of sp³-hybridized carbons (Fsp3) is 0.167. The SMILES string of the molecule is Fc1ccc(C(Cl)C(F)F)c2ccccc12. The molecule has 0 amide bonds. The molecule has 0 aliphatic carbocycles. The number of halogens is 4. The third kappa shape index (κ3) is 1.87. The van der Waals surface area contributed by atoms with Crippen LogP contribution in [0.5, 0.6) is 0 Å². The molecule has 0 N–H and O–H groups in total. The summed E-state index contributed by atoms with van der Waals surface area (Å²) < 4.78 is 38.4. The molecule has 4 heteroatoms. The van der Waals surface area contributed by atoms with Crippen molar-refractivity contribution in [2.75, 3.05) is 0 Å². The van der Waals surface area contributed by atoms with Crippen molar-refractivity contribution < 1.29 is 13.2 Å². The van der Waals surface area contributed by atoms with Crippen LogP contribution in [-0.2, 0) is 0 Å². The second-order valence-electron chi connectivity index (χ2n) is 3.42. The van der Waals surface area contributed by atoms with Crippen LogP contribution in [0.4, 0.5) is 13.2 Å². The van der Waals surface area contributed by atoms with Gasteiger partial charge in [0.2, 0.25) is 0 Å². The van der Waals surface area contributed by atoms with Crippen LogP contribution in [-0.4, -0.2) is 6.43 Å². The second kappa shape index (κ2) is 4.34. The van der Waals surface area contributed by atoms with E-state index in [0.717, 1.165) is 6.07 Å². The zero-order valence-corrected chi connectivity index (χ0v) is 8.89. The Morgan fingerprint density at radius 2 is 1.56 bits per heavy atom. The van der Waals surface area contributed by atoms with Crippen LogP contribution in [0.25, 0.3) is 10.8 Å². The fourth-order valence-corrected chi connectivity index (χ4v) is 1.85. The molecular formula is C12H8ClF3. The Morgan fingerprint density at radius 3 is 2.19 bits per heavy atom. The van der Waals surface area contributed by atoms with Gasteiger partial charge in [-0.25, -0.2) is 13.2 Å². The Bertz CT molecular complexity index is 511. The number of rotatable bonds is 2. The quantitative estimate of drug-likeness (QED) is 0.681. The van der Waals surface area contributed by atoms with Gasteiger partial charge in [-0.3, -0.25) is 0 Å². The lowest BCUT2D eigenvalue weighted by atomic mass is 10.0. The van der Waals surface area contributed by atoms with Gasteiger partial charge in [-0.05, 0) is 17.0 Å². The lowest BCUT2D eigenvalue weighted by molar-refractivity contribution is 0.143. The molecule has 1 atom stereocenters. The average Bonchev–Trinajstić information content (AvgIpc) is 2.29. The first-order valence-electron chi connectivity index (χ1n) is 4.70. The average molecular weight is 245 g/mol. The Hall–Kier alpha value is -1.22. The lowest BCUT2D eigenvalue weighted by Crippen LogP contribution is -2.03. The van der Waals surface area contributed by atoms with Gasteiger partial charge in [-0.15, -0.1) is 11.6 Å². The lowest BCUT2D eigenvalue weighted by Gasteiger charge is -2.12. The van der Waals surface area contributed by atoms with Crippen LogP contribution >= 0.6 is 11.6 Å². The molecule has 16 heavy (non-hydrogen) atoms. The van der Waals surface area contributed by atoms with Gasteiger partial charge >= 0.3 is 0 Å². The van der Waals surface area contributed by atoms with Crippen molar-refractivity contribution in [3.05, 3.63) is 47.8 Å². The summed E-state index contributed by atoms with van der Waals surface area (Å²) in [4.78, 5) is 0. The molecule has 1 unspecified atom stereocenters. The number of hydrogen-bond donors (Lipinski definition) is 0. The van der Waals surface area contributed by atoms with Gasteiger partial charge in [0.1, 0.15) is 11.2 Å². The molecule has 0 saturated carbocycles. The number of fused-ring (bicyclic) bond motifs is 1. The molecule has 0 fully saturated rings. The normalized spacial score (nSPS) is 13.3. The van der Waals surface area contributed by atoms with E-state index < -0.39 is 17.6 Å². The van der Waals surface area contributed by atoms with Crippen LogP contribution in [0, 0.1) is 5.82 Å². The van der Waals surface area contributed by atoms with Crippen molar-refractivity contribution in [2.45, 2.75) is 11.8 Å². The highest BCUT2D eigenvalue weighted by Gasteiger charge is 2.21. The van der Waals surface area contributed by atoms with Crippen LogP contribution in [0.2, 0.25) is 0 Å². The first-order chi connectivity index (χ1) is 7.61. The Balaban J connectivity index is 2.67. The maximum Gasteiger partial charge on any atom is 0.258 e. The van der Waals surface area contributed by atoms with Crippen LogP contribution in [0.1, 0.15) is 10.9 Å². The van der Waals surface area contributed by atoms with Crippen LogP contribution in [0.15, 0.2) is 36.4 Å². The molecule has 0 saturated heterocycles. The van der Waals surface area contributed by atoms with Gasteiger partial charge in [-0.1, -0.05) is 30.3 Å². The van der Waals surface area contributed by atoms with E-state index >= 15 is 0 Å². The topological polar surface area (TPSA) is 0 Å². The van der Waals surface area contributed by atoms with Crippen LogP contribution in [0.3, 0.4) is 0 Å². The van der Waals surface area contributed by atoms with E-state index in [1.165, 1.54) is 6.07 Å². The molecule has 0 aliphatic heterocycles. The molecule has 0 radical (unpaired) electrons. The summed E-state index contributed by atoms with van der Waals surface area (Å²) in [6.45, 7) is 0. The van der Waals surface area contributed by atoms with E-state index in [0.29, 0.717) is 10.8 Å². The molecule has 2 aromatic carbocycles. The summed E-state index contributed by atoms with van der Waals surface area (Å²) in [6.07, 6.45) is -2.67. The summed E-state index contributed by atoms with van der Waals surface area (Å²) in [5, 5.41) is -0.667. The Labute approximate surface area is 95.6 Å². The summed E-state index contributed by atoms with van der Waals surface area (Å²) in [6, 6.07) is 8.92. The number of hydrogen-bond acceptors (Lipinski definition) is 0. The Morgan fingerprint density at radius 1 is 0.938 bits per heavy atom. The van der Waals surface area contributed by atoms with Gasteiger partial charge < -0.3 is 0 Å². The molecule has 2 aromatic rings. The van der Waals surface area contributed by atoms with E-state index in [1.54, 1.807) is 24.3 Å². The predicted octanol–water partition coefficient (Wildman–Crippen LogP) is 4.52. The maximum absolute atomic E-state index is 13.4. The Kier molecular flexibility index (Phi) is 3.06. The fourth-order valence-electron chi connectivity index (χ4n) is 1.66. The monoisotopic (exact) mass is 244 g/mol. The highest BCUT2D eigenvalue weighted by atomic mass is 35.5. The zero-order chi connectivity index (χ0) is 11.7. The minimum absolute atomic E-state index is 0.258. The third-order valence-electron chi connectivity index (χ3n) is 2.42. The maximum atomic E-state index is 13.4. The summed E-state index contributed by atoms with van der Waals surface area (Å²) in [7, 11) is 0. The second-order valence-corrected chi connectivity index (χ2v) is 3.89.